The van der Waals surface area contributed by atoms with Crippen molar-refractivity contribution in [2.45, 2.75) is 0 Å². The Morgan fingerprint density at radius 1 is 1.40 bits per heavy atom. The lowest BCUT2D eigenvalue weighted by Crippen LogP contribution is -2.15. The average Bonchev–Trinajstić information content (AvgIpc) is 2.25. The van der Waals surface area contributed by atoms with Gasteiger partial charge in [0.15, 0.2) is 6.61 Å². The van der Waals surface area contributed by atoms with Gasteiger partial charge in [-0.2, -0.15) is 0 Å². The second-order valence-corrected chi connectivity index (χ2v) is 3.07. The molecule has 5 heteroatoms. The van der Waals surface area contributed by atoms with Crippen molar-refractivity contribution in [1.82, 2.24) is 0 Å². The molecule has 4 nitrogen and oxygen atoms in total. The van der Waals surface area contributed by atoms with Crippen molar-refractivity contribution in [3.63, 3.8) is 0 Å². The van der Waals surface area contributed by atoms with E-state index in [1.165, 1.54) is 0 Å². The summed E-state index contributed by atoms with van der Waals surface area (Å²) in [7, 11) is 0. The maximum atomic E-state index is 11.0. The van der Waals surface area contributed by atoms with Crippen LogP contribution in [0.1, 0.15) is 0 Å². The molecular weight excluding hydrogens is 218 g/mol. The highest BCUT2D eigenvalue weighted by Crippen LogP contribution is 2.15. The molecule has 0 amide bonds. The van der Waals surface area contributed by atoms with Gasteiger partial charge in [0.25, 0.3) is 0 Å². The van der Waals surface area contributed by atoms with E-state index in [4.69, 9.17) is 21.7 Å². The van der Waals surface area contributed by atoms with Gasteiger partial charge in [0.1, 0.15) is 12.4 Å². The van der Waals surface area contributed by atoms with Gasteiger partial charge in [-0.25, -0.2) is 4.79 Å². The van der Waals surface area contributed by atoms with Gasteiger partial charge in [0.2, 0.25) is 0 Å². The van der Waals surface area contributed by atoms with Gasteiger partial charge in [-0.05, 0) is 24.3 Å². The maximum Gasteiger partial charge on any atom is 0.344 e. The van der Waals surface area contributed by atoms with Crippen LogP contribution in [0.25, 0.3) is 0 Å². The number of hydrogen-bond acceptors (Lipinski definition) is 4. The van der Waals surface area contributed by atoms with Gasteiger partial charge in [0.05, 0.1) is 0 Å². The highest BCUT2D eigenvalue weighted by molar-refractivity contribution is 6.30. The molecule has 0 saturated carbocycles. The number of rotatable bonds is 5. The minimum absolute atomic E-state index is 0.0250. The standard InChI is InChI=1S/C10H10ClNO3/c11-8-1-3-9(4-2-8)15-7-10(13)14-6-5-12/h1-5,12H,6-7H2. The fourth-order valence-electron chi connectivity index (χ4n) is 0.849. The lowest BCUT2D eigenvalue weighted by atomic mass is 10.3. The van der Waals surface area contributed by atoms with Gasteiger partial charge in [-0.15, -0.1) is 0 Å². The van der Waals surface area contributed by atoms with Crippen LogP contribution in [-0.2, 0) is 9.53 Å². The number of carbonyl (C=O) groups excluding carboxylic acids is 1. The molecule has 0 bridgehead atoms. The molecule has 0 aliphatic carbocycles. The Balaban J connectivity index is 2.33. The molecular formula is C10H10ClNO3. The Labute approximate surface area is 92.3 Å². The fraction of sp³-hybridized carbons (Fsp3) is 0.200. The fourth-order valence-corrected chi connectivity index (χ4v) is 0.975. The summed E-state index contributed by atoms with van der Waals surface area (Å²) in [6.07, 6.45) is 1.00. The summed E-state index contributed by atoms with van der Waals surface area (Å²) < 4.78 is 9.72. The summed E-state index contributed by atoms with van der Waals surface area (Å²) in [5, 5.41) is 7.26. The van der Waals surface area contributed by atoms with Crippen molar-refractivity contribution < 1.29 is 14.3 Å². The molecule has 1 N–H and O–H groups in total. The van der Waals surface area contributed by atoms with Crippen molar-refractivity contribution in [3.05, 3.63) is 29.3 Å². The molecule has 1 aromatic carbocycles. The van der Waals surface area contributed by atoms with E-state index in [9.17, 15) is 4.79 Å². The Morgan fingerprint density at radius 2 is 2.07 bits per heavy atom. The summed E-state index contributed by atoms with van der Waals surface area (Å²) in [4.78, 5) is 11.0. The van der Waals surface area contributed by atoms with E-state index in [0.717, 1.165) is 6.21 Å². The zero-order valence-electron chi connectivity index (χ0n) is 7.90. The SMILES string of the molecule is N=CCOC(=O)COc1ccc(Cl)cc1. The first kappa shape index (κ1) is 11.5. The number of benzene rings is 1. The summed E-state index contributed by atoms with van der Waals surface area (Å²) in [5.41, 5.74) is 0. The molecule has 1 rings (SSSR count). The monoisotopic (exact) mass is 227 g/mol. The zero-order chi connectivity index (χ0) is 11.1. The number of ether oxygens (including phenoxy) is 2. The van der Waals surface area contributed by atoms with E-state index in [-0.39, 0.29) is 13.2 Å². The molecule has 0 heterocycles. The minimum atomic E-state index is -0.506. The van der Waals surface area contributed by atoms with E-state index in [1.807, 2.05) is 0 Å². The molecule has 0 saturated heterocycles. The van der Waals surface area contributed by atoms with Crippen LogP contribution in [0.4, 0.5) is 0 Å². The molecule has 0 radical (unpaired) electrons. The quantitative estimate of drug-likeness (QED) is 0.618. The first-order valence-corrected chi connectivity index (χ1v) is 4.63. The molecule has 15 heavy (non-hydrogen) atoms. The highest BCUT2D eigenvalue weighted by atomic mass is 35.5. The smallest absolute Gasteiger partial charge is 0.344 e. The molecule has 0 unspecified atom stereocenters. The van der Waals surface area contributed by atoms with Crippen LogP contribution in [0.5, 0.6) is 5.75 Å². The Hall–Kier alpha value is -1.55. The van der Waals surface area contributed by atoms with Gasteiger partial charge in [-0.3, -0.25) is 0 Å². The normalized spacial score (nSPS) is 9.40. The van der Waals surface area contributed by atoms with Crippen LogP contribution in [-0.4, -0.2) is 25.4 Å². The second-order valence-electron chi connectivity index (χ2n) is 2.63. The Bertz CT molecular complexity index is 337. The predicted molar refractivity (Wildman–Crippen MR) is 56.7 cm³/mol. The van der Waals surface area contributed by atoms with E-state index >= 15 is 0 Å². The van der Waals surface area contributed by atoms with Crippen LogP contribution < -0.4 is 4.74 Å². The van der Waals surface area contributed by atoms with Gasteiger partial charge in [0, 0.05) is 11.2 Å². The summed E-state index contributed by atoms with van der Waals surface area (Å²) >= 11 is 5.67. The Kier molecular flexibility index (Phi) is 4.63. The van der Waals surface area contributed by atoms with Crippen LogP contribution in [0.2, 0.25) is 5.02 Å². The minimum Gasteiger partial charge on any atom is -0.482 e. The third kappa shape index (κ3) is 4.46. The molecule has 0 aromatic heterocycles. The van der Waals surface area contributed by atoms with E-state index < -0.39 is 5.97 Å². The summed E-state index contributed by atoms with van der Waals surface area (Å²) in [6.45, 7) is -0.196. The third-order valence-corrected chi connectivity index (χ3v) is 1.75. The first-order chi connectivity index (χ1) is 7.22. The number of hydrogen-bond donors (Lipinski definition) is 1. The molecule has 80 valence electrons. The number of carbonyl (C=O) groups is 1. The van der Waals surface area contributed by atoms with E-state index in [2.05, 4.69) is 4.74 Å². The summed E-state index contributed by atoms with van der Waals surface area (Å²) in [6, 6.07) is 6.65. The Morgan fingerprint density at radius 3 is 2.67 bits per heavy atom. The van der Waals surface area contributed by atoms with Crippen molar-refractivity contribution in [2.75, 3.05) is 13.2 Å². The third-order valence-electron chi connectivity index (χ3n) is 1.50. The van der Waals surface area contributed by atoms with Crippen LogP contribution >= 0.6 is 11.6 Å². The first-order valence-electron chi connectivity index (χ1n) is 4.25. The maximum absolute atomic E-state index is 11.0. The second kappa shape index (κ2) is 6.03. The van der Waals surface area contributed by atoms with Crippen LogP contribution in [0.15, 0.2) is 24.3 Å². The lowest BCUT2D eigenvalue weighted by molar-refractivity contribution is -0.144. The highest BCUT2D eigenvalue weighted by Gasteiger charge is 2.02. The molecule has 1 aromatic rings. The van der Waals surface area contributed by atoms with Crippen molar-refractivity contribution >= 4 is 23.8 Å². The van der Waals surface area contributed by atoms with E-state index in [0.29, 0.717) is 10.8 Å². The van der Waals surface area contributed by atoms with E-state index in [1.54, 1.807) is 24.3 Å². The molecule has 0 fully saturated rings. The largest absolute Gasteiger partial charge is 0.482 e. The molecule has 0 aliphatic rings. The predicted octanol–water partition coefficient (Wildman–Crippen LogP) is 1.91. The number of nitrogens with one attached hydrogen (secondary N) is 1. The summed E-state index contributed by atoms with van der Waals surface area (Å²) in [5.74, 6) is 0.0413. The van der Waals surface area contributed by atoms with Gasteiger partial charge < -0.3 is 14.9 Å². The molecule has 0 spiro atoms. The van der Waals surface area contributed by atoms with Crippen molar-refractivity contribution in [1.29, 1.82) is 5.41 Å². The van der Waals surface area contributed by atoms with Gasteiger partial charge >= 0.3 is 5.97 Å². The van der Waals surface area contributed by atoms with Crippen molar-refractivity contribution in [2.24, 2.45) is 0 Å². The topological polar surface area (TPSA) is 59.4 Å². The van der Waals surface area contributed by atoms with Crippen LogP contribution in [0, 0.1) is 5.41 Å². The molecule has 0 atom stereocenters. The number of esters is 1. The number of halogens is 1. The average molecular weight is 228 g/mol. The zero-order valence-corrected chi connectivity index (χ0v) is 8.66. The van der Waals surface area contributed by atoms with Crippen molar-refractivity contribution in [3.8, 4) is 5.75 Å². The molecule has 0 aliphatic heterocycles. The lowest BCUT2D eigenvalue weighted by Gasteiger charge is -2.05. The van der Waals surface area contributed by atoms with Gasteiger partial charge in [-0.1, -0.05) is 11.6 Å². The van der Waals surface area contributed by atoms with Crippen LogP contribution in [0.3, 0.4) is 0 Å².